The van der Waals surface area contributed by atoms with Gasteiger partial charge in [-0.3, -0.25) is 5.10 Å². The molecule has 0 aliphatic heterocycles. The van der Waals surface area contributed by atoms with Crippen LogP contribution in [0.5, 0.6) is 0 Å². The van der Waals surface area contributed by atoms with Crippen molar-refractivity contribution in [3.63, 3.8) is 0 Å². The lowest BCUT2D eigenvalue weighted by Gasteiger charge is -2.10. The number of amides is 2. The van der Waals surface area contributed by atoms with Crippen LogP contribution >= 0.6 is 15.9 Å². The van der Waals surface area contributed by atoms with Crippen molar-refractivity contribution >= 4 is 27.6 Å². The van der Waals surface area contributed by atoms with Gasteiger partial charge in [0.1, 0.15) is 0 Å². The molecule has 0 aliphatic carbocycles. The Morgan fingerprint density at radius 2 is 2.00 bits per heavy atom. The fourth-order valence-corrected chi connectivity index (χ4v) is 3.00. The molecule has 128 valence electrons. The molecule has 0 fully saturated rings. The number of nitrogens with one attached hydrogen (secondary N) is 3. The molecule has 5 nitrogen and oxygen atoms in total. The maximum absolute atomic E-state index is 12.2. The summed E-state index contributed by atoms with van der Waals surface area (Å²) < 4.78 is 0. The first-order chi connectivity index (χ1) is 12.2. The number of aryl methyl sites for hydroxylation is 1. The second-order valence-electron chi connectivity index (χ2n) is 5.72. The Labute approximate surface area is 155 Å². The normalized spacial score (nSPS) is 10.5. The molecule has 0 bridgehead atoms. The average Bonchev–Trinajstić information content (AvgIpc) is 3.10. The summed E-state index contributed by atoms with van der Waals surface area (Å²) in [6.07, 6.45) is 1.79. The first kappa shape index (κ1) is 17.2. The molecule has 1 aromatic heterocycles. The van der Waals surface area contributed by atoms with Crippen molar-refractivity contribution in [2.75, 3.05) is 5.32 Å². The van der Waals surface area contributed by atoms with Gasteiger partial charge in [-0.1, -0.05) is 52.3 Å². The molecule has 0 unspecified atom stereocenters. The summed E-state index contributed by atoms with van der Waals surface area (Å²) in [5, 5.41) is 13.6. The molecule has 0 saturated carbocycles. The maximum atomic E-state index is 12.2. The van der Waals surface area contributed by atoms with E-state index >= 15 is 0 Å². The first-order valence-corrected chi connectivity index (χ1v) is 9.07. The Hall–Kier alpha value is -2.60. The van der Waals surface area contributed by atoms with E-state index in [0.29, 0.717) is 11.9 Å². The fraction of sp³-hybridized carbons (Fsp3) is 0.158. The van der Waals surface area contributed by atoms with Crippen LogP contribution in [-0.2, 0) is 11.9 Å². The summed E-state index contributed by atoms with van der Waals surface area (Å²) in [6.45, 7) is 2.52. The molecule has 3 rings (SSSR count). The van der Waals surface area contributed by atoms with Crippen LogP contribution in [0, 0.1) is 6.92 Å². The number of carbonyl (C=O) groups is 1. The number of hydrogen-bond acceptors (Lipinski definition) is 2. The highest BCUT2D eigenvalue weighted by atomic mass is 79.9. The van der Waals surface area contributed by atoms with E-state index in [4.69, 9.17) is 0 Å². The molecule has 25 heavy (non-hydrogen) atoms. The Bertz CT molecular complexity index is 875. The van der Waals surface area contributed by atoms with Crippen LogP contribution in [0.3, 0.4) is 0 Å². The molecule has 6 heteroatoms. The lowest BCUT2D eigenvalue weighted by molar-refractivity contribution is 0.251. The summed E-state index contributed by atoms with van der Waals surface area (Å²) in [4.78, 5) is 12.2. The zero-order chi connectivity index (χ0) is 17.6. The van der Waals surface area contributed by atoms with Crippen LogP contribution in [0.2, 0.25) is 0 Å². The highest BCUT2D eigenvalue weighted by molar-refractivity contribution is 9.08. The van der Waals surface area contributed by atoms with Gasteiger partial charge in [-0.25, -0.2) is 4.79 Å². The predicted octanol–water partition coefficient (Wildman–Crippen LogP) is 4.60. The zero-order valence-electron chi connectivity index (χ0n) is 13.8. The molecule has 0 aliphatic rings. The highest BCUT2D eigenvalue weighted by Crippen LogP contribution is 2.25. The zero-order valence-corrected chi connectivity index (χ0v) is 15.4. The Balaban J connectivity index is 1.66. The van der Waals surface area contributed by atoms with E-state index in [2.05, 4.69) is 36.8 Å². The van der Waals surface area contributed by atoms with Gasteiger partial charge in [0.2, 0.25) is 0 Å². The molecule has 2 aromatic carbocycles. The summed E-state index contributed by atoms with van der Waals surface area (Å²) >= 11 is 3.45. The van der Waals surface area contributed by atoms with Crippen molar-refractivity contribution in [2.24, 2.45) is 0 Å². The number of alkyl halides is 1. The van der Waals surface area contributed by atoms with Crippen LogP contribution in [0.25, 0.3) is 11.3 Å². The van der Waals surface area contributed by atoms with E-state index in [0.717, 1.165) is 33.6 Å². The third-order valence-electron chi connectivity index (χ3n) is 3.97. The number of aromatic amines is 1. The summed E-state index contributed by atoms with van der Waals surface area (Å²) in [5.41, 5.74) is 5.98. The third kappa shape index (κ3) is 4.28. The van der Waals surface area contributed by atoms with Crippen molar-refractivity contribution in [1.29, 1.82) is 0 Å². The van der Waals surface area contributed by atoms with Crippen LogP contribution in [0.4, 0.5) is 10.5 Å². The van der Waals surface area contributed by atoms with E-state index in [1.807, 2.05) is 55.5 Å². The highest BCUT2D eigenvalue weighted by Gasteiger charge is 2.08. The number of nitrogens with zero attached hydrogens (tertiary/aromatic N) is 1. The predicted molar refractivity (Wildman–Crippen MR) is 104 cm³/mol. The largest absolute Gasteiger partial charge is 0.334 e. The Kier molecular flexibility index (Phi) is 5.50. The number of carbonyl (C=O) groups excluding carboxylic acids is 1. The van der Waals surface area contributed by atoms with Gasteiger partial charge in [0, 0.05) is 28.7 Å². The molecular formula is C19H19BrN4O. The number of halogens is 1. The third-order valence-corrected chi connectivity index (χ3v) is 4.58. The second-order valence-corrected chi connectivity index (χ2v) is 6.28. The van der Waals surface area contributed by atoms with Crippen molar-refractivity contribution in [2.45, 2.75) is 18.8 Å². The molecule has 0 spiro atoms. The molecule has 0 radical (unpaired) electrons. The number of anilines is 1. The standard InChI is InChI=1S/C19H19BrN4O/c1-13-5-2-3-6-15(13)11-21-19(25)23-17-8-4-7-14(9-17)18-16(10-20)12-22-24-18/h2-9,12H,10-11H2,1H3,(H,22,24)(H2,21,23,25). The number of aromatic nitrogens is 2. The summed E-state index contributed by atoms with van der Waals surface area (Å²) in [6, 6.07) is 15.4. The minimum absolute atomic E-state index is 0.231. The Morgan fingerprint density at radius 1 is 1.16 bits per heavy atom. The maximum Gasteiger partial charge on any atom is 0.319 e. The van der Waals surface area contributed by atoms with Crippen molar-refractivity contribution in [1.82, 2.24) is 15.5 Å². The molecule has 0 atom stereocenters. The van der Waals surface area contributed by atoms with Crippen molar-refractivity contribution in [3.05, 3.63) is 71.4 Å². The minimum Gasteiger partial charge on any atom is -0.334 e. The van der Waals surface area contributed by atoms with Gasteiger partial charge in [0.05, 0.1) is 11.9 Å². The van der Waals surface area contributed by atoms with Crippen LogP contribution in [0.1, 0.15) is 16.7 Å². The van der Waals surface area contributed by atoms with E-state index in [-0.39, 0.29) is 6.03 Å². The van der Waals surface area contributed by atoms with Gasteiger partial charge < -0.3 is 10.6 Å². The van der Waals surface area contributed by atoms with E-state index in [1.165, 1.54) is 0 Å². The quantitative estimate of drug-likeness (QED) is 0.549. The number of urea groups is 1. The summed E-state index contributed by atoms with van der Waals surface area (Å²) in [5.74, 6) is 0. The van der Waals surface area contributed by atoms with Crippen molar-refractivity contribution < 1.29 is 4.79 Å². The first-order valence-electron chi connectivity index (χ1n) is 7.95. The Morgan fingerprint density at radius 3 is 2.80 bits per heavy atom. The van der Waals surface area contributed by atoms with Gasteiger partial charge >= 0.3 is 6.03 Å². The van der Waals surface area contributed by atoms with Gasteiger partial charge in [-0.2, -0.15) is 5.10 Å². The second kappa shape index (κ2) is 7.98. The van der Waals surface area contributed by atoms with Crippen molar-refractivity contribution in [3.8, 4) is 11.3 Å². The SMILES string of the molecule is Cc1ccccc1CNC(=O)Nc1cccc(-c2[nH]ncc2CBr)c1. The van der Waals surface area contributed by atoms with Crippen LogP contribution in [-0.4, -0.2) is 16.2 Å². The van der Waals surface area contributed by atoms with E-state index in [1.54, 1.807) is 6.20 Å². The van der Waals surface area contributed by atoms with E-state index < -0.39 is 0 Å². The van der Waals surface area contributed by atoms with Gasteiger partial charge in [-0.15, -0.1) is 0 Å². The lowest BCUT2D eigenvalue weighted by atomic mass is 10.1. The van der Waals surface area contributed by atoms with Crippen LogP contribution in [0.15, 0.2) is 54.7 Å². The molecule has 3 N–H and O–H groups in total. The molecule has 3 aromatic rings. The molecular weight excluding hydrogens is 380 g/mol. The topological polar surface area (TPSA) is 69.8 Å². The smallest absolute Gasteiger partial charge is 0.319 e. The summed E-state index contributed by atoms with van der Waals surface area (Å²) in [7, 11) is 0. The van der Waals surface area contributed by atoms with Crippen LogP contribution < -0.4 is 10.6 Å². The average molecular weight is 399 g/mol. The van der Waals surface area contributed by atoms with E-state index in [9.17, 15) is 4.79 Å². The number of rotatable bonds is 5. The van der Waals surface area contributed by atoms with Gasteiger partial charge in [0.25, 0.3) is 0 Å². The monoisotopic (exact) mass is 398 g/mol. The lowest BCUT2D eigenvalue weighted by Crippen LogP contribution is -2.28. The molecule has 0 saturated heterocycles. The number of benzene rings is 2. The van der Waals surface area contributed by atoms with Gasteiger partial charge in [0.15, 0.2) is 0 Å². The number of hydrogen-bond donors (Lipinski definition) is 3. The minimum atomic E-state index is -0.231. The fourth-order valence-electron chi connectivity index (χ4n) is 2.57. The molecule has 1 heterocycles. The van der Waals surface area contributed by atoms with Gasteiger partial charge in [-0.05, 0) is 30.2 Å². The number of H-pyrrole nitrogens is 1. The molecule has 2 amide bonds.